The van der Waals surface area contributed by atoms with E-state index < -0.39 is 21.5 Å². The van der Waals surface area contributed by atoms with Gasteiger partial charge in [0.15, 0.2) is 0 Å². The normalized spacial score (nSPS) is 11.7. The molecule has 0 saturated heterocycles. The zero-order chi connectivity index (χ0) is 17.0. The molecule has 3 N–H and O–H groups in total. The molecule has 23 heavy (non-hydrogen) atoms. The first-order valence-electron chi connectivity index (χ1n) is 6.85. The number of sulfonamides is 1. The molecule has 0 heterocycles. The van der Waals surface area contributed by atoms with Crippen LogP contribution in [0.25, 0.3) is 0 Å². The molecule has 0 aliphatic heterocycles. The lowest BCUT2D eigenvalue weighted by molar-refractivity contribution is 0.0601. The van der Waals surface area contributed by atoms with Crippen molar-refractivity contribution in [2.24, 2.45) is 5.73 Å². The van der Waals surface area contributed by atoms with E-state index in [1.807, 2.05) is 13.8 Å². The van der Waals surface area contributed by atoms with Gasteiger partial charge in [-0.1, -0.05) is 25.4 Å². The maximum atomic E-state index is 12.3. The summed E-state index contributed by atoms with van der Waals surface area (Å²) in [6.45, 7) is 3.93. The summed E-state index contributed by atoms with van der Waals surface area (Å²) in [6, 6.07) is 3.83. The fourth-order valence-electron chi connectivity index (χ4n) is 1.76. The second kappa shape index (κ2) is 8.84. The molecule has 0 fully saturated rings. The van der Waals surface area contributed by atoms with Gasteiger partial charge in [0.2, 0.25) is 10.0 Å². The van der Waals surface area contributed by atoms with Crippen molar-refractivity contribution in [1.29, 1.82) is 0 Å². The number of nitrogens with one attached hydrogen (secondary N) is 1. The standard InChI is InChI=1S/C14H21ClN2O4S.ClH/c1-4-14(16,5-2)9-17-22(19,20)10-6-7-11(12(15)8-10)13(18)21-3;/h6-8,17H,4-5,9,16H2,1-3H3;1H. The van der Waals surface area contributed by atoms with Gasteiger partial charge in [0.1, 0.15) is 0 Å². The van der Waals surface area contributed by atoms with Crippen LogP contribution in [0.15, 0.2) is 23.1 Å². The zero-order valence-corrected chi connectivity index (χ0v) is 15.6. The Kier molecular flexibility index (Phi) is 8.51. The lowest BCUT2D eigenvalue weighted by atomic mass is 9.95. The van der Waals surface area contributed by atoms with Gasteiger partial charge in [0.25, 0.3) is 0 Å². The highest BCUT2D eigenvalue weighted by molar-refractivity contribution is 7.89. The number of ether oxygens (including phenoxy) is 1. The maximum absolute atomic E-state index is 12.3. The molecule has 0 unspecified atom stereocenters. The van der Waals surface area contributed by atoms with Crippen molar-refractivity contribution in [3.63, 3.8) is 0 Å². The summed E-state index contributed by atoms with van der Waals surface area (Å²) < 4.78 is 31.6. The Morgan fingerprint density at radius 2 is 1.91 bits per heavy atom. The summed E-state index contributed by atoms with van der Waals surface area (Å²) in [4.78, 5) is 11.4. The molecule has 6 nitrogen and oxygen atoms in total. The van der Waals surface area contributed by atoms with E-state index in [2.05, 4.69) is 9.46 Å². The molecule has 0 aliphatic rings. The summed E-state index contributed by atoms with van der Waals surface area (Å²) >= 11 is 5.94. The molecule has 0 aliphatic carbocycles. The van der Waals surface area contributed by atoms with Crippen molar-refractivity contribution in [3.8, 4) is 0 Å². The van der Waals surface area contributed by atoms with E-state index in [4.69, 9.17) is 17.3 Å². The van der Waals surface area contributed by atoms with E-state index in [0.717, 1.165) is 0 Å². The number of rotatable bonds is 7. The molecule has 0 amide bonds. The van der Waals surface area contributed by atoms with E-state index >= 15 is 0 Å². The second-order valence-electron chi connectivity index (χ2n) is 5.03. The highest BCUT2D eigenvalue weighted by Gasteiger charge is 2.24. The van der Waals surface area contributed by atoms with Gasteiger partial charge < -0.3 is 10.5 Å². The lowest BCUT2D eigenvalue weighted by Gasteiger charge is -2.26. The highest BCUT2D eigenvalue weighted by atomic mass is 35.5. The molecule has 0 spiro atoms. The van der Waals surface area contributed by atoms with Gasteiger partial charge in [-0.15, -0.1) is 12.4 Å². The van der Waals surface area contributed by atoms with Crippen LogP contribution in [0.1, 0.15) is 37.0 Å². The summed E-state index contributed by atoms with van der Waals surface area (Å²) in [5.41, 5.74) is 5.59. The number of esters is 1. The molecular weight excluding hydrogens is 363 g/mol. The van der Waals surface area contributed by atoms with Crippen molar-refractivity contribution in [2.45, 2.75) is 37.1 Å². The van der Waals surface area contributed by atoms with Crippen molar-refractivity contribution in [2.75, 3.05) is 13.7 Å². The van der Waals surface area contributed by atoms with Crippen LogP contribution in [0.4, 0.5) is 0 Å². The maximum Gasteiger partial charge on any atom is 0.339 e. The van der Waals surface area contributed by atoms with Gasteiger partial charge in [-0.3, -0.25) is 0 Å². The fourth-order valence-corrected chi connectivity index (χ4v) is 3.25. The molecule has 0 bridgehead atoms. The molecule has 1 rings (SSSR count). The molecular formula is C14H22Cl2N2O4S. The number of carbonyl (C=O) groups excluding carboxylic acids is 1. The minimum atomic E-state index is -3.75. The summed E-state index contributed by atoms with van der Waals surface area (Å²) in [5.74, 6) is -0.625. The molecule has 1 aromatic carbocycles. The van der Waals surface area contributed by atoms with Crippen LogP contribution in [0, 0.1) is 0 Å². The van der Waals surface area contributed by atoms with Crippen molar-refractivity contribution in [1.82, 2.24) is 4.72 Å². The third-order valence-electron chi connectivity index (χ3n) is 3.68. The van der Waals surface area contributed by atoms with Gasteiger partial charge >= 0.3 is 5.97 Å². The Morgan fingerprint density at radius 3 is 2.35 bits per heavy atom. The van der Waals surface area contributed by atoms with Gasteiger partial charge in [0, 0.05) is 12.1 Å². The number of halogens is 2. The van der Waals surface area contributed by atoms with Crippen LogP contribution in [-0.4, -0.2) is 33.6 Å². The number of methoxy groups -OCH3 is 1. The molecule has 9 heteroatoms. The Bertz CT molecular complexity index is 646. The first-order chi connectivity index (χ1) is 10.2. The molecule has 132 valence electrons. The number of benzene rings is 1. The van der Waals surface area contributed by atoms with Gasteiger partial charge in [-0.05, 0) is 31.0 Å². The third kappa shape index (κ3) is 5.61. The predicted octanol–water partition coefficient (Wildman–Crippen LogP) is 2.34. The van der Waals surface area contributed by atoms with E-state index in [1.165, 1.54) is 25.3 Å². The van der Waals surface area contributed by atoms with Crippen LogP contribution >= 0.6 is 24.0 Å². The quantitative estimate of drug-likeness (QED) is 0.702. The van der Waals surface area contributed by atoms with Crippen molar-refractivity contribution >= 4 is 40.0 Å². The van der Waals surface area contributed by atoms with E-state index in [-0.39, 0.29) is 34.4 Å². The monoisotopic (exact) mass is 384 g/mol. The Hall–Kier alpha value is -0.860. The smallest absolute Gasteiger partial charge is 0.339 e. The largest absolute Gasteiger partial charge is 0.465 e. The molecule has 0 aromatic heterocycles. The molecule has 0 saturated carbocycles. The average molecular weight is 385 g/mol. The first-order valence-corrected chi connectivity index (χ1v) is 8.71. The van der Waals surface area contributed by atoms with Gasteiger partial charge in [-0.2, -0.15) is 0 Å². The number of nitrogens with two attached hydrogens (primary N) is 1. The summed E-state index contributed by atoms with van der Waals surface area (Å²) in [6.07, 6.45) is 1.29. The minimum Gasteiger partial charge on any atom is -0.465 e. The fraction of sp³-hybridized carbons (Fsp3) is 0.500. The van der Waals surface area contributed by atoms with Crippen LogP contribution in [0.3, 0.4) is 0 Å². The molecule has 1 aromatic rings. The number of hydrogen-bond acceptors (Lipinski definition) is 5. The Balaban J connectivity index is 0.00000484. The first kappa shape index (κ1) is 22.1. The minimum absolute atomic E-state index is 0. The Labute approximate surface area is 148 Å². The SMILES string of the molecule is CCC(N)(CC)CNS(=O)(=O)c1ccc(C(=O)OC)c(Cl)c1.Cl. The van der Waals surface area contributed by atoms with Gasteiger partial charge in [-0.25, -0.2) is 17.9 Å². The molecule has 0 radical (unpaired) electrons. The van der Waals surface area contributed by atoms with Crippen LogP contribution in [0.5, 0.6) is 0 Å². The van der Waals surface area contributed by atoms with Crippen LogP contribution in [0.2, 0.25) is 5.02 Å². The topological polar surface area (TPSA) is 98.5 Å². The molecule has 0 atom stereocenters. The van der Waals surface area contributed by atoms with Crippen molar-refractivity contribution < 1.29 is 17.9 Å². The highest BCUT2D eigenvalue weighted by Crippen LogP contribution is 2.22. The third-order valence-corrected chi connectivity index (χ3v) is 5.39. The van der Waals surface area contributed by atoms with Crippen molar-refractivity contribution in [3.05, 3.63) is 28.8 Å². The lowest BCUT2D eigenvalue weighted by Crippen LogP contribution is -2.49. The van der Waals surface area contributed by atoms with E-state index in [0.29, 0.717) is 12.8 Å². The Morgan fingerprint density at radius 1 is 1.35 bits per heavy atom. The summed E-state index contributed by atoms with van der Waals surface area (Å²) in [7, 11) is -2.53. The number of hydrogen-bond donors (Lipinski definition) is 2. The van der Waals surface area contributed by atoms with Crippen LogP contribution < -0.4 is 10.5 Å². The zero-order valence-electron chi connectivity index (χ0n) is 13.3. The average Bonchev–Trinajstić information content (AvgIpc) is 2.51. The van der Waals surface area contributed by atoms with Crippen LogP contribution in [-0.2, 0) is 14.8 Å². The number of carbonyl (C=O) groups is 1. The van der Waals surface area contributed by atoms with Gasteiger partial charge in [0.05, 0.1) is 22.6 Å². The predicted molar refractivity (Wildman–Crippen MR) is 92.7 cm³/mol. The van der Waals surface area contributed by atoms with E-state index in [1.54, 1.807) is 0 Å². The van der Waals surface area contributed by atoms with E-state index in [9.17, 15) is 13.2 Å². The summed E-state index contributed by atoms with van der Waals surface area (Å²) in [5, 5.41) is 0.0136. The second-order valence-corrected chi connectivity index (χ2v) is 7.20.